The third-order valence-electron chi connectivity index (χ3n) is 6.00. The molecular weight excluding hydrogens is 322 g/mol. The quantitative estimate of drug-likeness (QED) is 0.819. The fourth-order valence-corrected chi connectivity index (χ4v) is 4.77. The summed E-state index contributed by atoms with van der Waals surface area (Å²) in [6, 6.07) is 0.546. The van der Waals surface area contributed by atoms with Gasteiger partial charge >= 0.3 is 0 Å². The molecule has 0 unspecified atom stereocenters. The van der Waals surface area contributed by atoms with Crippen molar-refractivity contribution in [3.8, 4) is 0 Å². The van der Waals surface area contributed by atoms with Gasteiger partial charge in [0.15, 0.2) is 0 Å². The van der Waals surface area contributed by atoms with E-state index in [4.69, 9.17) is 4.74 Å². The van der Waals surface area contributed by atoms with E-state index in [1.807, 2.05) is 10.3 Å². The molecule has 24 heavy (non-hydrogen) atoms. The van der Waals surface area contributed by atoms with E-state index in [0.717, 1.165) is 51.6 Å². The molecule has 0 bridgehead atoms. The maximum Gasteiger partial charge on any atom is 0.273 e. The maximum absolute atomic E-state index is 12.4. The zero-order valence-electron chi connectivity index (χ0n) is 14.4. The van der Waals surface area contributed by atoms with Crippen molar-refractivity contribution in [2.45, 2.75) is 38.1 Å². The summed E-state index contributed by atoms with van der Waals surface area (Å²) in [5.74, 6) is 0.937. The first-order valence-corrected chi connectivity index (χ1v) is 10.0. The molecular formula is C18H27N3O2S. The van der Waals surface area contributed by atoms with Gasteiger partial charge in [-0.25, -0.2) is 4.98 Å². The number of likely N-dealkylation sites (N-methyl/N-ethyl adjacent to an activating group) is 1. The largest absolute Gasteiger partial charge is 0.380 e. The fourth-order valence-electron chi connectivity index (χ4n) is 4.25. The van der Waals surface area contributed by atoms with Crippen LogP contribution in [0.4, 0.5) is 0 Å². The summed E-state index contributed by atoms with van der Waals surface area (Å²) in [5.41, 5.74) is 2.71. The monoisotopic (exact) mass is 349 g/mol. The molecule has 1 amide bonds. The molecule has 0 aromatic carbocycles. The minimum Gasteiger partial charge on any atom is -0.380 e. The van der Waals surface area contributed by atoms with Crippen LogP contribution >= 0.6 is 11.3 Å². The van der Waals surface area contributed by atoms with E-state index < -0.39 is 0 Å². The van der Waals surface area contributed by atoms with Crippen molar-refractivity contribution >= 4 is 17.2 Å². The molecule has 1 spiro atoms. The lowest BCUT2D eigenvalue weighted by Crippen LogP contribution is -2.44. The number of hydrogen-bond donors (Lipinski definition) is 0. The highest BCUT2D eigenvalue weighted by molar-refractivity contribution is 7.07. The molecule has 132 valence electrons. The van der Waals surface area contributed by atoms with Gasteiger partial charge in [-0.3, -0.25) is 4.79 Å². The molecule has 6 heteroatoms. The maximum atomic E-state index is 12.4. The molecule has 1 atom stereocenters. The van der Waals surface area contributed by atoms with Crippen LogP contribution in [-0.2, 0) is 4.74 Å². The van der Waals surface area contributed by atoms with Crippen molar-refractivity contribution in [2.24, 2.45) is 11.3 Å². The number of piperidine rings is 1. The van der Waals surface area contributed by atoms with Gasteiger partial charge in [-0.2, -0.15) is 0 Å². The van der Waals surface area contributed by atoms with E-state index in [1.165, 1.54) is 30.6 Å². The molecule has 1 aliphatic carbocycles. The number of carbonyl (C=O) groups is 1. The van der Waals surface area contributed by atoms with Crippen molar-refractivity contribution in [1.82, 2.24) is 14.8 Å². The zero-order valence-corrected chi connectivity index (χ0v) is 15.3. The van der Waals surface area contributed by atoms with Crippen LogP contribution in [0.25, 0.3) is 0 Å². The van der Waals surface area contributed by atoms with Gasteiger partial charge in [0.05, 0.1) is 12.1 Å². The van der Waals surface area contributed by atoms with Gasteiger partial charge in [-0.15, -0.1) is 11.3 Å². The molecule has 4 rings (SSSR count). The van der Waals surface area contributed by atoms with Crippen LogP contribution in [0.3, 0.4) is 0 Å². The van der Waals surface area contributed by atoms with E-state index in [1.54, 1.807) is 5.51 Å². The number of amides is 1. The molecule has 2 saturated heterocycles. The molecule has 3 fully saturated rings. The number of ether oxygens (including phenoxy) is 1. The lowest BCUT2D eigenvalue weighted by Gasteiger charge is -2.39. The van der Waals surface area contributed by atoms with Crippen LogP contribution in [0.5, 0.6) is 0 Å². The molecule has 0 N–H and O–H groups in total. The SMILES string of the molecule is CN1CC2(CCN(C(=O)c3cscn3)CC2)C[C@@H]1COCC1CC1. The van der Waals surface area contributed by atoms with Crippen LogP contribution in [0.1, 0.15) is 42.6 Å². The van der Waals surface area contributed by atoms with Crippen molar-refractivity contribution in [1.29, 1.82) is 0 Å². The predicted molar refractivity (Wildman–Crippen MR) is 94.3 cm³/mol. The highest BCUT2D eigenvalue weighted by Gasteiger charge is 2.45. The third-order valence-corrected chi connectivity index (χ3v) is 6.59. The van der Waals surface area contributed by atoms with E-state index in [9.17, 15) is 4.79 Å². The Morgan fingerprint density at radius 1 is 1.38 bits per heavy atom. The van der Waals surface area contributed by atoms with Gasteiger partial charge in [-0.05, 0) is 50.5 Å². The molecule has 0 radical (unpaired) electrons. The third kappa shape index (κ3) is 3.51. The number of thiazole rings is 1. The van der Waals surface area contributed by atoms with Gasteiger partial charge in [0.25, 0.3) is 5.91 Å². The Bertz CT molecular complexity index is 565. The van der Waals surface area contributed by atoms with Crippen LogP contribution < -0.4 is 0 Å². The standard InChI is InChI=1S/C18H27N3O2S/c1-20-12-18(8-15(20)10-23-9-14-2-3-14)4-6-21(7-5-18)17(22)16-11-24-13-19-16/h11,13-15H,2-10,12H2,1H3/t15-/m1/s1. The molecule has 3 aliphatic rings. The Kier molecular flexibility index (Phi) is 4.62. The predicted octanol–water partition coefficient (Wildman–Crippen LogP) is 2.50. The van der Waals surface area contributed by atoms with Crippen molar-refractivity contribution in [3.63, 3.8) is 0 Å². The van der Waals surface area contributed by atoms with Crippen molar-refractivity contribution in [2.75, 3.05) is 39.9 Å². The first kappa shape index (κ1) is 16.5. The Morgan fingerprint density at radius 2 is 2.17 bits per heavy atom. The van der Waals surface area contributed by atoms with Gasteiger partial charge in [0.2, 0.25) is 0 Å². The summed E-state index contributed by atoms with van der Waals surface area (Å²) < 4.78 is 5.94. The van der Waals surface area contributed by atoms with Gasteiger partial charge < -0.3 is 14.5 Å². The minimum atomic E-state index is 0.0989. The average Bonchev–Trinajstić information content (AvgIpc) is 3.14. The minimum absolute atomic E-state index is 0.0989. The van der Waals surface area contributed by atoms with E-state index >= 15 is 0 Å². The molecule has 2 aliphatic heterocycles. The highest BCUT2D eigenvalue weighted by atomic mass is 32.1. The summed E-state index contributed by atoms with van der Waals surface area (Å²) in [7, 11) is 2.23. The summed E-state index contributed by atoms with van der Waals surface area (Å²) >= 11 is 1.49. The smallest absolute Gasteiger partial charge is 0.273 e. The second kappa shape index (κ2) is 6.73. The number of hydrogen-bond acceptors (Lipinski definition) is 5. The summed E-state index contributed by atoms with van der Waals surface area (Å²) in [4.78, 5) is 21.1. The summed E-state index contributed by atoms with van der Waals surface area (Å²) in [6.45, 7) is 4.69. The number of likely N-dealkylation sites (tertiary alicyclic amines) is 2. The van der Waals surface area contributed by atoms with Crippen LogP contribution in [-0.4, -0.2) is 66.6 Å². The van der Waals surface area contributed by atoms with Crippen molar-refractivity contribution < 1.29 is 9.53 Å². The van der Waals surface area contributed by atoms with Crippen LogP contribution in [0.15, 0.2) is 10.9 Å². The number of nitrogens with zero attached hydrogens (tertiary/aromatic N) is 3. The Labute approximate surface area is 148 Å². The second-order valence-corrected chi connectivity index (χ2v) is 8.64. The van der Waals surface area contributed by atoms with Crippen molar-refractivity contribution in [3.05, 3.63) is 16.6 Å². The van der Waals surface area contributed by atoms with E-state index in [2.05, 4.69) is 16.9 Å². The first-order chi connectivity index (χ1) is 11.7. The van der Waals surface area contributed by atoms with Gasteiger partial charge in [0, 0.05) is 37.7 Å². The number of rotatable bonds is 5. The molecule has 1 saturated carbocycles. The van der Waals surface area contributed by atoms with Crippen LogP contribution in [0, 0.1) is 11.3 Å². The zero-order chi connectivity index (χ0) is 16.6. The van der Waals surface area contributed by atoms with Crippen LogP contribution in [0.2, 0.25) is 0 Å². The van der Waals surface area contributed by atoms with Gasteiger partial charge in [0.1, 0.15) is 5.69 Å². The van der Waals surface area contributed by atoms with E-state index in [-0.39, 0.29) is 5.91 Å². The number of aromatic nitrogens is 1. The second-order valence-electron chi connectivity index (χ2n) is 7.92. The lowest BCUT2D eigenvalue weighted by atomic mass is 9.76. The number of carbonyl (C=O) groups excluding carboxylic acids is 1. The molecule has 1 aromatic heterocycles. The van der Waals surface area contributed by atoms with E-state index in [0.29, 0.717) is 17.2 Å². The highest BCUT2D eigenvalue weighted by Crippen LogP contribution is 2.43. The molecule has 3 heterocycles. The first-order valence-electron chi connectivity index (χ1n) is 9.11. The Morgan fingerprint density at radius 3 is 2.83 bits per heavy atom. The topological polar surface area (TPSA) is 45.7 Å². The molecule has 1 aromatic rings. The normalized spacial score (nSPS) is 27.0. The molecule has 5 nitrogen and oxygen atoms in total. The van der Waals surface area contributed by atoms with Gasteiger partial charge in [-0.1, -0.05) is 0 Å². The Balaban J connectivity index is 1.29. The average molecular weight is 350 g/mol. The fraction of sp³-hybridized carbons (Fsp3) is 0.778. The Hall–Kier alpha value is -0.980. The summed E-state index contributed by atoms with van der Waals surface area (Å²) in [5, 5.41) is 1.85. The lowest BCUT2D eigenvalue weighted by molar-refractivity contribution is 0.0583. The summed E-state index contributed by atoms with van der Waals surface area (Å²) in [6.07, 6.45) is 6.13.